The van der Waals surface area contributed by atoms with Gasteiger partial charge >= 0.3 is 0 Å². The standard InChI is InChI=1S/C11H16F2N2/c1-7(4-5-14)11(15)9-3-2-8(12)6-10(9)13/h2-3,6-7,11H,4-5,14-15H2,1H3. The van der Waals surface area contributed by atoms with Crippen LogP contribution in [0, 0.1) is 17.6 Å². The molecule has 0 spiro atoms. The maximum Gasteiger partial charge on any atom is 0.130 e. The van der Waals surface area contributed by atoms with Gasteiger partial charge < -0.3 is 11.5 Å². The first-order chi connectivity index (χ1) is 7.06. The van der Waals surface area contributed by atoms with Crippen LogP contribution in [-0.4, -0.2) is 6.54 Å². The summed E-state index contributed by atoms with van der Waals surface area (Å²) in [5, 5.41) is 0. The highest BCUT2D eigenvalue weighted by Crippen LogP contribution is 2.24. The van der Waals surface area contributed by atoms with Crippen molar-refractivity contribution in [1.29, 1.82) is 0 Å². The Balaban J connectivity index is 2.86. The van der Waals surface area contributed by atoms with Gasteiger partial charge in [-0.3, -0.25) is 0 Å². The molecule has 0 aromatic heterocycles. The summed E-state index contributed by atoms with van der Waals surface area (Å²) in [5.41, 5.74) is 11.6. The number of halogens is 2. The average molecular weight is 214 g/mol. The predicted octanol–water partition coefficient (Wildman–Crippen LogP) is 1.95. The second-order valence-corrected chi connectivity index (χ2v) is 3.75. The molecule has 0 aliphatic carbocycles. The monoisotopic (exact) mass is 214 g/mol. The van der Waals surface area contributed by atoms with Crippen LogP contribution in [0.1, 0.15) is 24.9 Å². The first kappa shape index (κ1) is 12.1. The van der Waals surface area contributed by atoms with E-state index in [1.54, 1.807) is 0 Å². The number of hydrogen-bond donors (Lipinski definition) is 2. The minimum absolute atomic E-state index is 0.0787. The Kier molecular flexibility index (Phi) is 4.17. The molecule has 0 heterocycles. The predicted molar refractivity (Wildman–Crippen MR) is 56.1 cm³/mol. The summed E-state index contributed by atoms with van der Waals surface area (Å²) in [4.78, 5) is 0. The van der Waals surface area contributed by atoms with E-state index in [0.29, 0.717) is 12.1 Å². The summed E-state index contributed by atoms with van der Waals surface area (Å²) >= 11 is 0. The van der Waals surface area contributed by atoms with Gasteiger partial charge in [0.2, 0.25) is 0 Å². The second-order valence-electron chi connectivity index (χ2n) is 3.75. The van der Waals surface area contributed by atoms with Crippen LogP contribution in [0.3, 0.4) is 0 Å². The largest absolute Gasteiger partial charge is 0.330 e. The fourth-order valence-electron chi connectivity index (χ4n) is 1.52. The summed E-state index contributed by atoms with van der Waals surface area (Å²) < 4.78 is 26.0. The van der Waals surface area contributed by atoms with Gasteiger partial charge in [-0.25, -0.2) is 8.78 Å². The Morgan fingerprint density at radius 2 is 2.00 bits per heavy atom. The van der Waals surface area contributed by atoms with Crippen LogP contribution in [0.5, 0.6) is 0 Å². The van der Waals surface area contributed by atoms with E-state index in [-0.39, 0.29) is 5.92 Å². The third kappa shape index (κ3) is 2.97. The molecule has 0 saturated carbocycles. The lowest BCUT2D eigenvalue weighted by atomic mass is 9.92. The zero-order chi connectivity index (χ0) is 11.4. The zero-order valence-corrected chi connectivity index (χ0v) is 8.71. The average Bonchev–Trinajstić information content (AvgIpc) is 2.17. The van der Waals surface area contributed by atoms with E-state index in [2.05, 4.69) is 0 Å². The maximum atomic E-state index is 13.4. The molecular weight excluding hydrogens is 198 g/mol. The second kappa shape index (κ2) is 5.19. The molecule has 2 nitrogen and oxygen atoms in total. The molecule has 84 valence electrons. The molecule has 4 N–H and O–H groups in total. The van der Waals surface area contributed by atoms with Gasteiger partial charge in [-0.05, 0) is 24.9 Å². The molecule has 2 atom stereocenters. The van der Waals surface area contributed by atoms with Crippen LogP contribution in [0.15, 0.2) is 18.2 Å². The first-order valence-electron chi connectivity index (χ1n) is 4.97. The van der Waals surface area contributed by atoms with Crippen molar-refractivity contribution in [2.24, 2.45) is 17.4 Å². The Morgan fingerprint density at radius 1 is 1.33 bits per heavy atom. The smallest absolute Gasteiger partial charge is 0.130 e. The van der Waals surface area contributed by atoms with E-state index in [1.807, 2.05) is 6.92 Å². The van der Waals surface area contributed by atoms with Crippen molar-refractivity contribution in [3.8, 4) is 0 Å². The molecule has 0 radical (unpaired) electrons. The lowest BCUT2D eigenvalue weighted by molar-refractivity contribution is 0.427. The molecule has 1 aromatic carbocycles. The van der Waals surface area contributed by atoms with E-state index < -0.39 is 17.7 Å². The Labute approximate surface area is 88.3 Å². The molecule has 0 aliphatic rings. The molecule has 0 fully saturated rings. The molecule has 0 amide bonds. The Bertz CT molecular complexity index is 328. The fourth-order valence-corrected chi connectivity index (χ4v) is 1.52. The normalized spacial score (nSPS) is 15.0. The molecule has 1 aromatic rings. The first-order valence-corrected chi connectivity index (χ1v) is 4.97. The number of benzene rings is 1. The van der Waals surface area contributed by atoms with Crippen LogP contribution in [0.4, 0.5) is 8.78 Å². The SMILES string of the molecule is CC(CCN)C(N)c1ccc(F)cc1F. The van der Waals surface area contributed by atoms with Gasteiger partial charge in [-0.2, -0.15) is 0 Å². The fraction of sp³-hybridized carbons (Fsp3) is 0.455. The van der Waals surface area contributed by atoms with Crippen molar-refractivity contribution in [3.63, 3.8) is 0 Å². The molecule has 4 heteroatoms. The molecule has 15 heavy (non-hydrogen) atoms. The molecule has 1 rings (SSSR count). The third-order valence-electron chi connectivity index (χ3n) is 2.56. The van der Waals surface area contributed by atoms with Gasteiger partial charge in [-0.15, -0.1) is 0 Å². The zero-order valence-electron chi connectivity index (χ0n) is 8.71. The van der Waals surface area contributed by atoms with E-state index in [1.165, 1.54) is 12.1 Å². The van der Waals surface area contributed by atoms with Crippen LogP contribution < -0.4 is 11.5 Å². The van der Waals surface area contributed by atoms with Crippen molar-refractivity contribution in [1.82, 2.24) is 0 Å². The summed E-state index contributed by atoms with van der Waals surface area (Å²) in [7, 11) is 0. The Morgan fingerprint density at radius 3 is 2.53 bits per heavy atom. The lowest BCUT2D eigenvalue weighted by Gasteiger charge is -2.20. The topological polar surface area (TPSA) is 52.0 Å². The van der Waals surface area contributed by atoms with Crippen LogP contribution in [0.2, 0.25) is 0 Å². The van der Waals surface area contributed by atoms with Crippen molar-refractivity contribution in [3.05, 3.63) is 35.4 Å². The molecule has 0 aliphatic heterocycles. The molecule has 2 unspecified atom stereocenters. The summed E-state index contributed by atoms with van der Waals surface area (Å²) in [5.74, 6) is -1.10. The van der Waals surface area contributed by atoms with Crippen LogP contribution >= 0.6 is 0 Å². The maximum absolute atomic E-state index is 13.4. The highest BCUT2D eigenvalue weighted by atomic mass is 19.1. The van der Waals surface area contributed by atoms with Gasteiger partial charge in [0.1, 0.15) is 11.6 Å². The van der Waals surface area contributed by atoms with Crippen molar-refractivity contribution >= 4 is 0 Å². The van der Waals surface area contributed by atoms with Crippen molar-refractivity contribution in [2.75, 3.05) is 6.54 Å². The Hall–Kier alpha value is -1.00. The lowest BCUT2D eigenvalue weighted by Crippen LogP contribution is -2.22. The van der Waals surface area contributed by atoms with E-state index in [4.69, 9.17) is 11.5 Å². The summed E-state index contributed by atoms with van der Waals surface area (Å²) in [6.45, 7) is 2.41. The van der Waals surface area contributed by atoms with E-state index >= 15 is 0 Å². The van der Waals surface area contributed by atoms with Gasteiger partial charge in [0.05, 0.1) is 0 Å². The minimum Gasteiger partial charge on any atom is -0.330 e. The highest BCUT2D eigenvalue weighted by Gasteiger charge is 2.17. The third-order valence-corrected chi connectivity index (χ3v) is 2.56. The van der Waals surface area contributed by atoms with E-state index in [0.717, 1.165) is 12.5 Å². The molecular formula is C11H16F2N2. The van der Waals surface area contributed by atoms with Crippen LogP contribution in [0.25, 0.3) is 0 Å². The van der Waals surface area contributed by atoms with Crippen molar-refractivity contribution < 1.29 is 8.78 Å². The van der Waals surface area contributed by atoms with Gasteiger partial charge in [0.25, 0.3) is 0 Å². The van der Waals surface area contributed by atoms with Crippen molar-refractivity contribution in [2.45, 2.75) is 19.4 Å². The van der Waals surface area contributed by atoms with Crippen LogP contribution in [-0.2, 0) is 0 Å². The van der Waals surface area contributed by atoms with E-state index in [9.17, 15) is 8.78 Å². The van der Waals surface area contributed by atoms with Gasteiger partial charge in [0.15, 0.2) is 0 Å². The number of nitrogens with two attached hydrogens (primary N) is 2. The number of rotatable bonds is 4. The van der Waals surface area contributed by atoms with Gasteiger partial charge in [0, 0.05) is 17.7 Å². The summed E-state index contributed by atoms with van der Waals surface area (Å²) in [6.07, 6.45) is 0.720. The number of hydrogen-bond acceptors (Lipinski definition) is 2. The quantitative estimate of drug-likeness (QED) is 0.804. The summed E-state index contributed by atoms with van der Waals surface area (Å²) in [6, 6.07) is 3.02. The molecule has 0 saturated heterocycles. The molecule has 0 bridgehead atoms. The highest BCUT2D eigenvalue weighted by molar-refractivity contribution is 5.22. The van der Waals surface area contributed by atoms with Gasteiger partial charge in [-0.1, -0.05) is 13.0 Å². The minimum atomic E-state index is -0.591.